The van der Waals surface area contributed by atoms with Crippen molar-refractivity contribution in [3.05, 3.63) is 53.3 Å². The van der Waals surface area contributed by atoms with Gasteiger partial charge in [-0.2, -0.15) is 18.3 Å². The van der Waals surface area contributed by atoms with E-state index in [4.69, 9.17) is 16.3 Å². The summed E-state index contributed by atoms with van der Waals surface area (Å²) < 4.78 is 60.2. The number of halogens is 5. The minimum absolute atomic E-state index is 0.110. The molecule has 0 bridgehead atoms. The molecule has 2 heterocycles. The van der Waals surface area contributed by atoms with E-state index in [1.807, 2.05) is 4.90 Å². The number of ether oxygens (including phenoxy) is 1. The standard InChI is InChI=1S/C24H24ClF4N3O3/c1-14-20(13-22(33)34)32(30-23(14)24(27,28)29)16-3-5-17(6-4-16)35-18-8-10-31(11-9-18)21-12-15(25)2-7-19(21)26/h2-7,12,14,18,20H,8-11,13H2,1H3,(H,33,34)/t14-,20-/m0/s1. The van der Waals surface area contributed by atoms with Gasteiger partial charge in [0.2, 0.25) is 0 Å². The quantitative estimate of drug-likeness (QED) is 0.499. The third-order valence-corrected chi connectivity index (χ3v) is 6.54. The number of alkyl halides is 3. The van der Waals surface area contributed by atoms with Crippen LogP contribution in [0.1, 0.15) is 26.2 Å². The van der Waals surface area contributed by atoms with Gasteiger partial charge in [0, 0.05) is 36.9 Å². The zero-order chi connectivity index (χ0) is 25.3. The second-order valence-electron chi connectivity index (χ2n) is 8.68. The molecule has 0 saturated carbocycles. The van der Waals surface area contributed by atoms with Crippen molar-refractivity contribution >= 4 is 34.7 Å². The lowest BCUT2D eigenvalue weighted by Gasteiger charge is -2.34. The predicted octanol–water partition coefficient (Wildman–Crippen LogP) is 5.74. The number of hydrazone groups is 1. The highest BCUT2D eigenvalue weighted by atomic mass is 35.5. The average Bonchev–Trinajstić information content (AvgIpc) is 3.12. The van der Waals surface area contributed by atoms with Crippen molar-refractivity contribution in [2.45, 2.75) is 44.5 Å². The van der Waals surface area contributed by atoms with E-state index in [2.05, 4.69) is 5.10 Å². The lowest BCUT2D eigenvalue weighted by atomic mass is 9.94. The molecule has 1 fully saturated rings. The summed E-state index contributed by atoms with van der Waals surface area (Å²) in [6.07, 6.45) is -3.93. The van der Waals surface area contributed by atoms with Crippen molar-refractivity contribution in [1.29, 1.82) is 0 Å². The van der Waals surface area contributed by atoms with Crippen molar-refractivity contribution in [3.8, 4) is 5.75 Å². The normalized spacial score (nSPS) is 21.3. The number of nitrogens with zero attached hydrogens (tertiary/aromatic N) is 3. The number of hydrogen-bond acceptors (Lipinski definition) is 5. The molecule has 35 heavy (non-hydrogen) atoms. The third kappa shape index (κ3) is 5.63. The number of benzene rings is 2. The van der Waals surface area contributed by atoms with Gasteiger partial charge in [0.15, 0.2) is 0 Å². The number of piperidine rings is 1. The van der Waals surface area contributed by atoms with Gasteiger partial charge in [-0.3, -0.25) is 9.80 Å². The van der Waals surface area contributed by atoms with Crippen LogP contribution >= 0.6 is 11.6 Å². The van der Waals surface area contributed by atoms with Crippen LogP contribution in [0.15, 0.2) is 47.6 Å². The van der Waals surface area contributed by atoms with Crippen LogP contribution in [0.2, 0.25) is 5.02 Å². The molecule has 1 N–H and O–H groups in total. The van der Waals surface area contributed by atoms with E-state index >= 15 is 0 Å². The Labute approximate surface area is 204 Å². The van der Waals surface area contributed by atoms with E-state index < -0.39 is 36.2 Å². The molecule has 0 aromatic heterocycles. The molecule has 0 aliphatic carbocycles. The Morgan fingerprint density at radius 2 is 1.83 bits per heavy atom. The van der Waals surface area contributed by atoms with Gasteiger partial charge in [0.1, 0.15) is 23.4 Å². The van der Waals surface area contributed by atoms with Crippen LogP contribution in [-0.4, -0.2) is 48.2 Å². The highest BCUT2D eigenvalue weighted by Gasteiger charge is 2.48. The first-order valence-electron chi connectivity index (χ1n) is 11.2. The van der Waals surface area contributed by atoms with Crippen molar-refractivity contribution in [1.82, 2.24) is 0 Å². The number of carboxylic acids is 1. The van der Waals surface area contributed by atoms with E-state index in [-0.39, 0.29) is 11.9 Å². The summed E-state index contributed by atoms with van der Waals surface area (Å²) >= 11 is 5.99. The molecule has 6 nitrogen and oxygen atoms in total. The topological polar surface area (TPSA) is 65.4 Å². The summed E-state index contributed by atoms with van der Waals surface area (Å²) in [7, 11) is 0. The Morgan fingerprint density at radius 3 is 2.43 bits per heavy atom. The van der Waals surface area contributed by atoms with Gasteiger partial charge in [-0.1, -0.05) is 18.5 Å². The fourth-order valence-electron chi connectivity index (χ4n) is 4.49. The van der Waals surface area contributed by atoms with Gasteiger partial charge in [-0.05, 0) is 42.5 Å². The van der Waals surface area contributed by atoms with E-state index in [1.54, 1.807) is 30.3 Å². The van der Waals surface area contributed by atoms with Gasteiger partial charge in [-0.25, -0.2) is 4.39 Å². The minimum Gasteiger partial charge on any atom is -0.490 e. The summed E-state index contributed by atoms with van der Waals surface area (Å²) in [5, 5.41) is 14.5. The van der Waals surface area contributed by atoms with Crippen molar-refractivity contribution in [3.63, 3.8) is 0 Å². The molecule has 2 aliphatic rings. The second-order valence-corrected chi connectivity index (χ2v) is 9.11. The van der Waals surface area contributed by atoms with Crippen LogP contribution in [0.3, 0.4) is 0 Å². The predicted molar refractivity (Wildman–Crippen MR) is 125 cm³/mol. The number of aliphatic carboxylic acids is 1. The molecule has 0 radical (unpaired) electrons. The Hall–Kier alpha value is -3.01. The smallest absolute Gasteiger partial charge is 0.431 e. The molecule has 1 saturated heterocycles. The Balaban J connectivity index is 1.41. The van der Waals surface area contributed by atoms with Crippen molar-refractivity contribution in [2.75, 3.05) is 23.0 Å². The number of carbonyl (C=O) groups is 1. The van der Waals surface area contributed by atoms with Crippen LogP contribution < -0.4 is 14.6 Å². The number of rotatable bonds is 6. The van der Waals surface area contributed by atoms with E-state index in [1.165, 1.54) is 19.1 Å². The first-order chi connectivity index (χ1) is 16.5. The maximum absolute atomic E-state index is 14.1. The van der Waals surface area contributed by atoms with E-state index in [0.717, 1.165) is 5.01 Å². The molecule has 2 atom stereocenters. The van der Waals surface area contributed by atoms with Crippen LogP contribution in [-0.2, 0) is 4.79 Å². The van der Waals surface area contributed by atoms with Crippen LogP contribution in [0, 0.1) is 11.7 Å². The molecule has 2 aromatic carbocycles. The first kappa shape index (κ1) is 25.1. The minimum atomic E-state index is -4.64. The van der Waals surface area contributed by atoms with Gasteiger partial charge >= 0.3 is 12.1 Å². The zero-order valence-corrected chi connectivity index (χ0v) is 19.6. The number of hydrogen-bond donors (Lipinski definition) is 1. The molecule has 0 amide bonds. The summed E-state index contributed by atoms with van der Waals surface area (Å²) in [6.45, 7) is 2.49. The Morgan fingerprint density at radius 1 is 1.17 bits per heavy atom. The lowest BCUT2D eigenvalue weighted by molar-refractivity contribution is -0.137. The highest BCUT2D eigenvalue weighted by Crippen LogP contribution is 2.37. The Kier molecular flexibility index (Phi) is 7.12. The van der Waals surface area contributed by atoms with Crippen molar-refractivity contribution < 1.29 is 32.2 Å². The number of carboxylic acid groups (broad SMARTS) is 1. The summed E-state index contributed by atoms with van der Waals surface area (Å²) in [6, 6.07) is 9.87. The largest absolute Gasteiger partial charge is 0.490 e. The summed E-state index contributed by atoms with van der Waals surface area (Å²) in [5.41, 5.74) is -0.192. The van der Waals surface area contributed by atoms with E-state index in [9.17, 15) is 27.5 Å². The van der Waals surface area contributed by atoms with Crippen LogP contribution in [0.25, 0.3) is 0 Å². The SMILES string of the molecule is C[C@@H]1C(C(F)(F)F)=NN(c2ccc(OC3CCN(c4cc(Cl)ccc4F)CC3)cc2)[C@H]1CC(=O)O. The highest BCUT2D eigenvalue weighted by molar-refractivity contribution is 6.30. The molecular formula is C24H24ClF4N3O3. The zero-order valence-electron chi connectivity index (χ0n) is 18.8. The lowest BCUT2D eigenvalue weighted by Crippen LogP contribution is -2.38. The van der Waals surface area contributed by atoms with Crippen LogP contribution in [0.5, 0.6) is 5.75 Å². The van der Waals surface area contributed by atoms with Gasteiger partial charge in [0.25, 0.3) is 0 Å². The van der Waals surface area contributed by atoms with Gasteiger partial charge in [0.05, 0.1) is 23.8 Å². The molecule has 2 aliphatic heterocycles. The monoisotopic (exact) mass is 513 g/mol. The number of anilines is 2. The average molecular weight is 514 g/mol. The fraction of sp³-hybridized carbons (Fsp3) is 0.417. The molecule has 4 rings (SSSR count). The molecule has 11 heteroatoms. The molecule has 188 valence electrons. The summed E-state index contributed by atoms with van der Waals surface area (Å²) in [4.78, 5) is 13.2. The third-order valence-electron chi connectivity index (χ3n) is 6.31. The summed E-state index contributed by atoms with van der Waals surface area (Å²) in [5.74, 6) is -2.09. The second kappa shape index (κ2) is 9.93. The molecule has 2 aromatic rings. The maximum atomic E-state index is 14.1. The molecule has 0 unspecified atom stereocenters. The van der Waals surface area contributed by atoms with Gasteiger partial charge < -0.3 is 14.7 Å². The fourth-order valence-corrected chi connectivity index (χ4v) is 4.66. The molecule has 0 spiro atoms. The van der Waals surface area contributed by atoms with Crippen LogP contribution in [0.4, 0.5) is 28.9 Å². The first-order valence-corrected chi connectivity index (χ1v) is 11.5. The van der Waals surface area contributed by atoms with Crippen molar-refractivity contribution in [2.24, 2.45) is 11.0 Å². The Bertz CT molecular complexity index is 1100. The maximum Gasteiger partial charge on any atom is 0.431 e. The molecular weight excluding hydrogens is 490 g/mol. The van der Waals surface area contributed by atoms with E-state index in [0.29, 0.717) is 48.1 Å². The van der Waals surface area contributed by atoms with Gasteiger partial charge in [-0.15, -0.1) is 0 Å².